The van der Waals surface area contributed by atoms with Gasteiger partial charge in [0.2, 0.25) is 15.2 Å². The minimum Gasteiger partial charge on any atom is -0.344 e. The van der Waals surface area contributed by atoms with Crippen molar-refractivity contribution in [2.24, 2.45) is 0 Å². The number of sulfonamides is 1. The monoisotopic (exact) mass is 462 g/mol. The van der Waals surface area contributed by atoms with E-state index in [1.54, 1.807) is 16.4 Å². The van der Waals surface area contributed by atoms with E-state index in [1.807, 2.05) is 50.2 Å². The van der Waals surface area contributed by atoms with Crippen LogP contribution in [0.15, 0.2) is 53.4 Å². The van der Waals surface area contributed by atoms with E-state index in [-0.39, 0.29) is 6.04 Å². The van der Waals surface area contributed by atoms with Gasteiger partial charge in [0, 0.05) is 48.7 Å². The zero-order valence-corrected chi connectivity index (χ0v) is 19.2. The van der Waals surface area contributed by atoms with Crippen molar-refractivity contribution in [1.82, 2.24) is 13.7 Å². The highest BCUT2D eigenvalue weighted by molar-refractivity contribution is 7.89. The highest BCUT2D eigenvalue weighted by atomic mass is 35.5. The topological polar surface area (TPSA) is 66.4 Å². The molecule has 0 spiro atoms. The van der Waals surface area contributed by atoms with Gasteiger partial charge in [-0.2, -0.15) is 8.68 Å². The predicted octanol–water partition coefficient (Wildman–Crippen LogP) is 3.99. The standard InChI is InChI=1S/C21H23ClN4O2S2/c1-15-3-9-19(10-4-15)30(27,28)26-12-11-25(14-16(26)2)21-23-20(24-29-21)13-17-5-7-18(22)8-6-17/h3-10,16H,11-14H2,1-2H3. The van der Waals surface area contributed by atoms with Crippen LogP contribution in [0.3, 0.4) is 0 Å². The van der Waals surface area contributed by atoms with Crippen LogP contribution in [0, 0.1) is 6.92 Å². The van der Waals surface area contributed by atoms with Gasteiger partial charge in [0.15, 0.2) is 0 Å². The van der Waals surface area contributed by atoms with Crippen molar-refractivity contribution in [3.63, 3.8) is 0 Å². The van der Waals surface area contributed by atoms with E-state index >= 15 is 0 Å². The van der Waals surface area contributed by atoms with Gasteiger partial charge in [-0.05, 0) is 43.7 Å². The number of hydrogen-bond donors (Lipinski definition) is 0. The summed E-state index contributed by atoms with van der Waals surface area (Å²) in [7, 11) is -3.51. The molecule has 2 heterocycles. The molecule has 0 aliphatic carbocycles. The maximum Gasteiger partial charge on any atom is 0.243 e. The average molecular weight is 463 g/mol. The first-order valence-corrected chi connectivity index (χ1v) is 12.3. The van der Waals surface area contributed by atoms with Crippen LogP contribution >= 0.6 is 23.1 Å². The molecule has 1 aliphatic rings. The number of nitrogens with zero attached hydrogens (tertiary/aromatic N) is 4. The summed E-state index contributed by atoms with van der Waals surface area (Å²) in [6.07, 6.45) is 0.644. The van der Waals surface area contributed by atoms with Crippen LogP contribution < -0.4 is 4.90 Å². The Morgan fingerprint density at radius 2 is 1.80 bits per heavy atom. The molecule has 9 heteroatoms. The second-order valence-electron chi connectivity index (χ2n) is 7.52. The first-order chi connectivity index (χ1) is 14.3. The molecule has 1 fully saturated rings. The Kier molecular flexibility index (Phi) is 6.11. The van der Waals surface area contributed by atoms with Crippen molar-refractivity contribution in [3.05, 3.63) is 70.5 Å². The SMILES string of the molecule is Cc1ccc(S(=O)(=O)N2CCN(c3nc(Cc4ccc(Cl)cc4)ns3)CC2C)cc1. The molecule has 6 nitrogen and oxygen atoms in total. The van der Waals surface area contributed by atoms with Gasteiger partial charge in [0.1, 0.15) is 5.82 Å². The summed E-state index contributed by atoms with van der Waals surface area (Å²) in [4.78, 5) is 7.14. The highest BCUT2D eigenvalue weighted by Crippen LogP contribution is 2.26. The van der Waals surface area contributed by atoms with Crippen molar-refractivity contribution < 1.29 is 8.42 Å². The summed E-state index contributed by atoms with van der Waals surface area (Å²) in [5, 5.41) is 1.54. The quantitative estimate of drug-likeness (QED) is 0.573. The second-order valence-corrected chi connectivity index (χ2v) is 10.6. The molecular formula is C21H23ClN4O2S2. The fourth-order valence-corrected chi connectivity index (χ4v) is 6.01. The zero-order chi connectivity index (χ0) is 21.3. The lowest BCUT2D eigenvalue weighted by atomic mass is 10.1. The number of piperazine rings is 1. The third kappa shape index (κ3) is 4.51. The molecule has 0 saturated carbocycles. The number of hydrogen-bond acceptors (Lipinski definition) is 6. The van der Waals surface area contributed by atoms with Gasteiger partial charge in [-0.1, -0.05) is 41.4 Å². The third-order valence-corrected chi connectivity index (χ3v) is 8.29. The van der Waals surface area contributed by atoms with Crippen molar-refractivity contribution >= 4 is 38.3 Å². The summed E-state index contributed by atoms with van der Waals surface area (Å²) in [6, 6.07) is 14.5. The molecule has 30 heavy (non-hydrogen) atoms. The molecule has 0 amide bonds. The second kappa shape index (κ2) is 8.63. The predicted molar refractivity (Wildman–Crippen MR) is 121 cm³/mol. The first-order valence-electron chi connectivity index (χ1n) is 9.73. The van der Waals surface area contributed by atoms with Gasteiger partial charge < -0.3 is 4.90 Å². The van der Waals surface area contributed by atoms with E-state index in [9.17, 15) is 8.42 Å². The molecule has 1 aromatic heterocycles. The Morgan fingerprint density at radius 1 is 1.10 bits per heavy atom. The number of aromatic nitrogens is 2. The molecule has 0 radical (unpaired) electrons. The summed E-state index contributed by atoms with van der Waals surface area (Å²) < 4.78 is 32.2. The van der Waals surface area contributed by atoms with E-state index < -0.39 is 10.0 Å². The fraction of sp³-hybridized carbons (Fsp3) is 0.333. The van der Waals surface area contributed by atoms with Crippen LogP contribution in [-0.2, 0) is 16.4 Å². The summed E-state index contributed by atoms with van der Waals surface area (Å²) in [5.74, 6) is 0.764. The van der Waals surface area contributed by atoms with Crippen LogP contribution in [0.5, 0.6) is 0 Å². The lowest BCUT2D eigenvalue weighted by Gasteiger charge is -2.38. The molecule has 2 aromatic carbocycles. The Morgan fingerprint density at radius 3 is 2.47 bits per heavy atom. The van der Waals surface area contributed by atoms with Crippen LogP contribution in [0.1, 0.15) is 23.9 Å². The molecule has 0 N–H and O–H groups in total. The van der Waals surface area contributed by atoms with E-state index in [4.69, 9.17) is 11.6 Å². The van der Waals surface area contributed by atoms with E-state index in [0.29, 0.717) is 36.0 Å². The van der Waals surface area contributed by atoms with Crippen molar-refractivity contribution in [2.75, 3.05) is 24.5 Å². The number of anilines is 1. The highest BCUT2D eigenvalue weighted by Gasteiger charge is 2.34. The molecule has 1 atom stereocenters. The van der Waals surface area contributed by atoms with E-state index in [0.717, 1.165) is 22.1 Å². The Balaban J connectivity index is 1.44. The van der Waals surface area contributed by atoms with Gasteiger partial charge in [0.25, 0.3) is 0 Å². The molecule has 1 aliphatic heterocycles. The lowest BCUT2D eigenvalue weighted by Crippen LogP contribution is -2.54. The maximum absolute atomic E-state index is 13.1. The minimum absolute atomic E-state index is 0.159. The molecule has 158 valence electrons. The van der Waals surface area contributed by atoms with Gasteiger partial charge in [-0.25, -0.2) is 13.4 Å². The summed E-state index contributed by atoms with van der Waals surface area (Å²) in [6.45, 7) is 5.48. The Hall–Kier alpha value is -2.00. The van der Waals surface area contributed by atoms with E-state index in [2.05, 4.69) is 14.3 Å². The van der Waals surface area contributed by atoms with Crippen molar-refractivity contribution in [3.8, 4) is 0 Å². The number of rotatable bonds is 5. The molecule has 1 saturated heterocycles. The smallest absolute Gasteiger partial charge is 0.243 e. The van der Waals surface area contributed by atoms with Gasteiger partial charge in [0.05, 0.1) is 4.90 Å². The maximum atomic E-state index is 13.1. The van der Waals surface area contributed by atoms with Gasteiger partial charge in [-0.3, -0.25) is 0 Å². The zero-order valence-electron chi connectivity index (χ0n) is 16.8. The number of halogens is 1. The molecule has 3 aromatic rings. The summed E-state index contributed by atoms with van der Waals surface area (Å²) in [5.41, 5.74) is 2.14. The largest absolute Gasteiger partial charge is 0.344 e. The molecule has 1 unspecified atom stereocenters. The van der Waals surface area contributed by atoms with Crippen molar-refractivity contribution in [2.45, 2.75) is 31.2 Å². The van der Waals surface area contributed by atoms with Gasteiger partial charge >= 0.3 is 0 Å². The summed E-state index contributed by atoms with van der Waals surface area (Å²) >= 11 is 7.30. The third-order valence-electron chi connectivity index (χ3n) is 5.20. The number of benzene rings is 2. The van der Waals surface area contributed by atoms with E-state index in [1.165, 1.54) is 11.5 Å². The van der Waals surface area contributed by atoms with Crippen LogP contribution in [0.25, 0.3) is 0 Å². The van der Waals surface area contributed by atoms with Crippen molar-refractivity contribution in [1.29, 1.82) is 0 Å². The number of aryl methyl sites for hydroxylation is 1. The molecular weight excluding hydrogens is 440 g/mol. The van der Waals surface area contributed by atoms with Crippen LogP contribution in [-0.4, -0.2) is 47.8 Å². The van der Waals surface area contributed by atoms with Crippen LogP contribution in [0.4, 0.5) is 5.13 Å². The lowest BCUT2D eigenvalue weighted by molar-refractivity contribution is 0.306. The first kappa shape index (κ1) is 21.2. The Labute approximate surface area is 186 Å². The minimum atomic E-state index is -3.51. The molecule has 0 bridgehead atoms. The Bertz CT molecular complexity index is 1110. The normalized spacial score (nSPS) is 18.0. The fourth-order valence-electron chi connectivity index (χ4n) is 3.55. The van der Waals surface area contributed by atoms with Crippen LogP contribution in [0.2, 0.25) is 5.02 Å². The average Bonchev–Trinajstić information content (AvgIpc) is 3.18. The molecule has 4 rings (SSSR count). The van der Waals surface area contributed by atoms with Gasteiger partial charge in [-0.15, -0.1) is 0 Å².